The summed E-state index contributed by atoms with van der Waals surface area (Å²) >= 11 is 1.56. The molecule has 0 spiro atoms. The third kappa shape index (κ3) is 3.60. The fourth-order valence-corrected chi connectivity index (χ4v) is 3.49. The zero-order valence-electron chi connectivity index (χ0n) is 14.6. The Morgan fingerprint density at radius 2 is 1.83 bits per heavy atom. The van der Waals surface area contributed by atoms with Crippen molar-refractivity contribution in [3.8, 4) is 0 Å². The predicted octanol–water partition coefficient (Wildman–Crippen LogP) is 1.85. The molecule has 0 aliphatic rings. The van der Waals surface area contributed by atoms with Crippen molar-refractivity contribution in [2.45, 2.75) is 45.1 Å². The Kier molecular flexibility index (Phi) is 5.19. The normalized spacial score (nSPS) is 11.4. The van der Waals surface area contributed by atoms with Crippen molar-refractivity contribution in [2.24, 2.45) is 20.0 Å². The summed E-state index contributed by atoms with van der Waals surface area (Å²) < 4.78 is 4.84. The summed E-state index contributed by atoms with van der Waals surface area (Å²) in [7, 11) is 3.18. The van der Waals surface area contributed by atoms with Gasteiger partial charge in [0.15, 0.2) is 5.16 Å². The van der Waals surface area contributed by atoms with E-state index in [1.54, 1.807) is 18.8 Å². The van der Waals surface area contributed by atoms with Gasteiger partial charge in [-0.1, -0.05) is 25.6 Å². The maximum absolute atomic E-state index is 12.0. The fraction of sp³-hybridized carbons (Fsp3) is 0.562. The first-order chi connectivity index (χ1) is 10.7. The minimum absolute atomic E-state index is 0.276. The molecule has 0 amide bonds. The number of imidazole rings is 1. The van der Waals surface area contributed by atoms with E-state index in [1.165, 1.54) is 23.4 Å². The molecule has 2 heterocycles. The lowest BCUT2D eigenvalue weighted by Crippen LogP contribution is -2.37. The Morgan fingerprint density at radius 1 is 1.17 bits per heavy atom. The standard InChI is InChI=1S/C16H24N4O2S/c1-10(2)8-20-12(4)11(3)17-15(20)23-9-13-7-14(21)19(6)16(22)18(13)5/h7,10H,8-9H2,1-6H3. The van der Waals surface area contributed by atoms with E-state index in [9.17, 15) is 9.59 Å². The monoisotopic (exact) mass is 336 g/mol. The second-order valence-corrected chi connectivity index (χ2v) is 7.18. The lowest BCUT2D eigenvalue weighted by atomic mass is 10.2. The Balaban J connectivity index is 2.31. The van der Waals surface area contributed by atoms with Gasteiger partial charge < -0.3 is 4.57 Å². The molecule has 7 heteroatoms. The van der Waals surface area contributed by atoms with Gasteiger partial charge >= 0.3 is 5.69 Å². The van der Waals surface area contributed by atoms with Gasteiger partial charge in [0.05, 0.1) is 5.69 Å². The summed E-state index contributed by atoms with van der Waals surface area (Å²) in [5.41, 5.74) is 2.31. The topological polar surface area (TPSA) is 61.8 Å². The fourth-order valence-electron chi connectivity index (χ4n) is 2.37. The van der Waals surface area contributed by atoms with Gasteiger partial charge in [-0.15, -0.1) is 0 Å². The van der Waals surface area contributed by atoms with Crippen LogP contribution < -0.4 is 11.2 Å². The van der Waals surface area contributed by atoms with Crippen molar-refractivity contribution in [1.29, 1.82) is 0 Å². The first-order valence-corrected chi connectivity index (χ1v) is 8.63. The lowest BCUT2D eigenvalue weighted by molar-refractivity contribution is 0.486. The molecule has 0 fully saturated rings. The van der Waals surface area contributed by atoms with Gasteiger partial charge in [-0.3, -0.25) is 13.9 Å². The van der Waals surface area contributed by atoms with E-state index in [2.05, 4.69) is 30.3 Å². The Morgan fingerprint density at radius 3 is 2.43 bits per heavy atom. The van der Waals surface area contributed by atoms with E-state index in [-0.39, 0.29) is 11.2 Å². The van der Waals surface area contributed by atoms with Gasteiger partial charge in [-0.25, -0.2) is 9.78 Å². The SMILES string of the molecule is Cc1nc(SCc2cc(=O)n(C)c(=O)n2C)n(CC(C)C)c1C. The second-order valence-electron chi connectivity index (χ2n) is 6.23. The van der Waals surface area contributed by atoms with Gasteiger partial charge in [-0.05, 0) is 19.8 Å². The number of thioether (sulfide) groups is 1. The van der Waals surface area contributed by atoms with Gasteiger partial charge in [0.25, 0.3) is 5.56 Å². The molecule has 126 valence electrons. The van der Waals surface area contributed by atoms with E-state index in [0.29, 0.717) is 17.4 Å². The molecule has 2 rings (SSSR count). The predicted molar refractivity (Wildman–Crippen MR) is 93.0 cm³/mol. The lowest BCUT2D eigenvalue weighted by Gasteiger charge is -2.13. The number of aromatic nitrogens is 4. The first-order valence-electron chi connectivity index (χ1n) is 7.64. The average Bonchev–Trinajstić information content (AvgIpc) is 2.75. The van der Waals surface area contributed by atoms with Crippen LogP contribution in [0.2, 0.25) is 0 Å². The summed E-state index contributed by atoms with van der Waals surface area (Å²) in [6.45, 7) is 9.33. The molecule has 0 N–H and O–H groups in total. The van der Waals surface area contributed by atoms with Crippen molar-refractivity contribution in [2.75, 3.05) is 0 Å². The van der Waals surface area contributed by atoms with Gasteiger partial charge in [-0.2, -0.15) is 0 Å². The van der Waals surface area contributed by atoms with Crippen molar-refractivity contribution in [3.05, 3.63) is 44.0 Å². The van der Waals surface area contributed by atoms with Crippen molar-refractivity contribution < 1.29 is 0 Å². The van der Waals surface area contributed by atoms with Crippen molar-refractivity contribution in [1.82, 2.24) is 18.7 Å². The summed E-state index contributed by atoms with van der Waals surface area (Å²) in [4.78, 5) is 28.4. The maximum atomic E-state index is 12.0. The summed E-state index contributed by atoms with van der Waals surface area (Å²) in [6, 6.07) is 1.52. The summed E-state index contributed by atoms with van der Waals surface area (Å²) in [6.07, 6.45) is 0. The molecule has 0 aromatic carbocycles. The first kappa shape index (κ1) is 17.6. The number of nitrogens with zero attached hydrogens (tertiary/aromatic N) is 4. The zero-order chi connectivity index (χ0) is 17.3. The molecule has 0 atom stereocenters. The van der Waals surface area contributed by atoms with E-state index in [1.807, 2.05) is 6.92 Å². The highest BCUT2D eigenvalue weighted by Gasteiger charge is 2.14. The molecular formula is C16H24N4O2S. The Bertz CT molecular complexity index is 830. The Labute approximate surface area is 140 Å². The highest BCUT2D eigenvalue weighted by atomic mass is 32.2. The molecule has 0 bridgehead atoms. The molecule has 2 aromatic heterocycles. The number of rotatable bonds is 5. The molecule has 0 unspecified atom stereocenters. The van der Waals surface area contributed by atoms with Gasteiger partial charge in [0, 0.05) is 43.8 Å². The molecule has 0 saturated heterocycles. The minimum atomic E-state index is -0.300. The molecule has 23 heavy (non-hydrogen) atoms. The van der Waals surface area contributed by atoms with Gasteiger partial charge in [0.1, 0.15) is 0 Å². The number of aryl methyl sites for hydroxylation is 1. The summed E-state index contributed by atoms with van der Waals surface area (Å²) in [5.74, 6) is 1.06. The van der Waals surface area contributed by atoms with Gasteiger partial charge in [0.2, 0.25) is 0 Å². The van der Waals surface area contributed by atoms with Crippen LogP contribution >= 0.6 is 11.8 Å². The zero-order valence-corrected chi connectivity index (χ0v) is 15.4. The van der Waals surface area contributed by atoms with Crippen LogP contribution in [0.3, 0.4) is 0 Å². The smallest absolute Gasteiger partial charge is 0.323 e. The Hall–Kier alpha value is -1.76. The molecule has 6 nitrogen and oxygen atoms in total. The van der Waals surface area contributed by atoms with Crippen LogP contribution in [0.4, 0.5) is 0 Å². The number of hydrogen-bond acceptors (Lipinski definition) is 4. The molecule has 0 aliphatic carbocycles. The van der Waals surface area contributed by atoms with Crippen LogP contribution in [0.1, 0.15) is 30.9 Å². The van der Waals surface area contributed by atoms with Crippen LogP contribution in [-0.4, -0.2) is 18.7 Å². The quantitative estimate of drug-likeness (QED) is 0.782. The maximum Gasteiger partial charge on any atom is 0.330 e. The van der Waals surface area contributed by atoms with Crippen LogP contribution in [0.15, 0.2) is 20.8 Å². The number of hydrogen-bond donors (Lipinski definition) is 0. The van der Waals surface area contributed by atoms with Crippen LogP contribution in [0.5, 0.6) is 0 Å². The van der Waals surface area contributed by atoms with E-state index in [4.69, 9.17) is 0 Å². The van der Waals surface area contributed by atoms with E-state index < -0.39 is 0 Å². The molecule has 0 radical (unpaired) electrons. The highest BCUT2D eigenvalue weighted by Crippen LogP contribution is 2.25. The second kappa shape index (κ2) is 6.78. The van der Waals surface area contributed by atoms with Crippen LogP contribution in [-0.2, 0) is 26.4 Å². The average molecular weight is 336 g/mol. The molecule has 0 saturated carbocycles. The molecule has 2 aromatic rings. The van der Waals surface area contributed by atoms with E-state index >= 15 is 0 Å². The molecular weight excluding hydrogens is 312 g/mol. The third-order valence-corrected chi connectivity index (χ3v) is 4.95. The third-order valence-electron chi connectivity index (χ3n) is 3.94. The van der Waals surface area contributed by atoms with E-state index in [0.717, 1.165) is 22.0 Å². The summed E-state index contributed by atoms with van der Waals surface area (Å²) in [5, 5.41) is 0.932. The van der Waals surface area contributed by atoms with Crippen LogP contribution in [0.25, 0.3) is 0 Å². The molecule has 0 aliphatic heterocycles. The largest absolute Gasteiger partial charge is 0.330 e. The van der Waals surface area contributed by atoms with Crippen LogP contribution in [0, 0.1) is 19.8 Å². The minimum Gasteiger partial charge on any atom is -0.323 e. The van der Waals surface area contributed by atoms with Crippen molar-refractivity contribution >= 4 is 11.8 Å². The highest BCUT2D eigenvalue weighted by molar-refractivity contribution is 7.98. The van der Waals surface area contributed by atoms with Crippen molar-refractivity contribution in [3.63, 3.8) is 0 Å².